The van der Waals surface area contributed by atoms with Crippen LogP contribution in [0.15, 0.2) is 18.2 Å². The predicted octanol–water partition coefficient (Wildman–Crippen LogP) is 4.75. The van der Waals surface area contributed by atoms with Gasteiger partial charge in [0.15, 0.2) is 0 Å². The van der Waals surface area contributed by atoms with E-state index in [1.807, 2.05) is 0 Å². The molecule has 1 N–H and O–H groups in total. The molecule has 0 aliphatic carbocycles. The molecule has 4 nitrogen and oxygen atoms in total. The third kappa shape index (κ3) is 5.00. The van der Waals surface area contributed by atoms with Gasteiger partial charge >= 0.3 is 5.97 Å². The van der Waals surface area contributed by atoms with Gasteiger partial charge in [0.1, 0.15) is 22.9 Å². The van der Waals surface area contributed by atoms with E-state index < -0.39 is 34.9 Å². The molecule has 1 aromatic carbocycles. The molecule has 1 saturated heterocycles. The van der Waals surface area contributed by atoms with Crippen molar-refractivity contribution in [3.8, 4) is 6.07 Å². The van der Waals surface area contributed by atoms with Crippen molar-refractivity contribution in [2.45, 2.75) is 77.5 Å². The van der Waals surface area contributed by atoms with Crippen LogP contribution in [0.4, 0.5) is 4.39 Å². The predicted molar refractivity (Wildman–Crippen MR) is 104 cm³/mol. The summed E-state index contributed by atoms with van der Waals surface area (Å²) in [5.74, 6) is -0.956. The molecule has 6 heteroatoms. The lowest BCUT2D eigenvalue weighted by Gasteiger charge is -2.33. The number of halogens is 2. The molecule has 3 atom stereocenters. The number of nitrogens with one attached hydrogen (secondary N) is 1. The zero-order valence-corrected chi connectivity index (χ0v) is 17.6. The molecule has 1 fully saturated rings. The van der Waals surface area contributed by atoms with E-state index in [-0.39, 0.29) is 22.4 Å². The van der Waals surface area contributed by atoms with Crippen LogP contribution < -0.4 is 5.32 Å². The minimum atomic E-state index is -1.18. The third-order valence-corrected chi connectivity index (χ3v) is 4.88. The van der Waals surface area contributed by atoms with E-state index in [9.17, 15) is 14.4 Å². The fourth-order valence-corrected chi connectivity index (χ4v) is 3.77. The van der Waals surface area contributed by atoms with E-state index in [1.54, 1.807) is 32.9 Å². The van der Waals surface area contributed by atoms with Gasteiger partial charge in [-0.05, 0) is 51.2 Å². The molecule has 1 aromatic rings. The van der Waals surface area contributed by atoms with Gasteiger partial charge in [-0.25, -0.2) is 4.39 Å². The van der Waals surface area contributed by atoms with Crippen LogP contribution in [0.1, 0.15) is 59.9 Å². The van der Waals surface area contributed by atoms with Crippen LogP contribution in [0.25, 0.3) is 0 Å². The van der Waals surface area contributed by atoms with Crippen molar-refractivity contribution in [2.24, 2.45) is 5.41 Å². The van der Waals surface area contributed by atoms with Crippen LogP contribution in [0.5, 0.6) is 0 Å². The number of benzene rings is 1. The van der Waals surface area contributed by atoms with Crippen molar-refractivity contribution < 1.29 is 13.9 Å². The quantitative estimate of drug-likeness (QED) is 0.751. The Morgan fingerprint density at radius 2 is 2.00 bits per heavy atom. The molecule has 27 heavy (non-hydrogen) atoms. The largest absolute Gasteiger partial charge is 0.459 e. The van der Waals surface area contributed by atoms with E-state index in [1.165, 1.54) is 6.07 Å². The first-order valence-electron chi connectivity index (χ1n) is 9.13. The Hall–Kier alpha value is -1.64. The first-order chi connectivity index (χ1) is 12.3. The Morgan fingerprint density at radius 3 is 2.48 bits per heavy atom. The highest BCUT2D eigenvalue weighted by Crippen LogP contribution is 2.44. The van der Waals surface area contributed by atoms with Crippen molar-refractivity contribution in [1.29, 1.82) is 5.26 Å². The molecule has 1 heterocycles. The number of hydrogen-bond acceptors (Lipinski definition) is 4. The summed E-state index contributed by atoms with van der Waals surface area (Å²) in [5.41, 5.74) is -1.67. The summed E-state index contributed by atoms with van der Waals surface area (Å²) >= 11 is 5.89. The maximum Gasteiger partial charge on any atom is 0.323 e. The van der Waals surface area contributed by atoms with Gasteiger partial charge in [0.2, 0.25) is 0 Å². The molecule has 148 valence electrons. The molecule has 3 unspecified atom stereocenters. The minimum Gasteiger partial charge on any atom is -0.459 e. The van der Waals surface area contributed by atoms with Gasteiger partial charge in [0.05, 0.1) is 6.07 Å². The summed E-state index contributed by atoms with van der Waals surface area (Å²) in [4.78, 5) is 12.6. The molecule has 0 radical (unpaired) electrons. The van der Waals surface area contributed by atoms with Gasteiger partial charge in [-0.3, -0.25) is 10.1 Å². The van der Waals surface area contributed by atoms with Crippen molar-refractivity contribution in [3.05, 3.63) is 34.6 Å². The first kappa shape index (κ1) is 21.7. The highest BCUT2D eigenvalue weighted by atomic mass is 35.5. The second-order valence-corrected chi connectivity index (χ2v) is 9.92. The number of esters is 1. The van der Waals surface area contributed by atoms with Gasteiger partial charge < -0.3 is 4.74 Å². The SMILES string of the molecule is CC(C)(C)CC1NC(C(=O)OC(C)(C)C)CC1(C#N)c1ccc(Cl)cc1F. The maximum atomic E-state index is 14.8. The van der Waals surface area contributed by atoms with Crippen LogP contribution in [0.2, 0.25) is 5.02 Å². The Bertz CT molecular complexity index is 761. The number of rotatable bonds is 3. The number of hydrogen-bond donors (Lipinski definition) is 1. The highest BCUT2D eigenvalue weighted by Gasteiger charge is 2.53. The summed E-state index contributed by atoms with van der Waals surface area (Å²) in [6.07, 6.45) is 0.750. The molecular weight excluding hydrogens is 367 g/mol. The fourth-order valence-electron chi connectivity index (χ4n) is 3.61. The van der Waals surface area contributed by atoms with Crippen LogP contribution in [-0.2, 0) is 14.9 Å². The van der Waals surface area contributed by atoms with Crippen molar-refractivity contribution in [3.63, 3.8) is 0 Å². The average molecular weight is 395 g/mol. The lowest BCUT2D eigenvalue weighted by Crippen LogP contribution is -2.44. The standard InChI is InChI=1S/C21H28ClFN2O2/c1-19(2,3)11-17-21(12-24,14-8-7-13(22)9-15(14)23)10-16(25-17)18(26)27-20(4,5)6/h7-9,16-17,25H,10-11H2,1-6H3. The lowest BCUT2D eigenvalue weighted by atomic mass is 9.70. The molecule has 0 amide bonds. The van der Waals surface area contributed by atoms with Crippen molar-refractivity contribution >= 4 is 17.6 Å². The molecule has 1 aliphatic heterocycles. The summed E-state index contributed by atoms with van der Waals surface area (Å²) in [7, 11) is 0. The minimum absolute atomic E-state index is 0.120. The molecule has 0 bridgehead atoms. The molecule has 0 spiro atoms. The normalized spacial score (nSPS) is 25.9. The van der Waals surface area contributed by atoms with Gasteiger partial charge in [0, 0.05) is 16.6 Å². The van der Waals surface area contributed by atoms with E-state index in [2.05, 4.69) is 32.2 Å². The lowest BCUT2D eigenvalue weighted by molar-refractivity contribution is -0.157. The third-order valence-electron chi connectivity index (χ3n) is 4.64. The smallest absolute Gasteiger partial charge is 0.323 e. The maximum absolute atomic E-state index is 14.8. The van der Waals surface area contributed by atoms with Crippen LogP contribution >= 0.6 is 11.6 Å². The molecule has 2 rings (SSSR count). The zero-order valence-electron chi connectivity index (χ0n) is 16.8. The Labute approximate surface area is 166 Å². The topological polar surface area (TPSA) is 62.1 Å². The van der Waals surface area contributed by atoms with Gasteiger partial charge in [0.25, 0.3) is 0 Å². The number of nitrogens with zero attached hydrogens (tertiary/aromatic N) is 1. The Kier molecular flexibility index (Phi) is 5.94. The summed E-state index contributed by atoms with van der Waals surface area (Å²) in [6.45, 7) is 11.5. The van der Waals surface area contributed by atoms with Gasteiger partial charge in [-0.2, -0.15) is 5.26 Å². The molecule has 0 saturated carbocycles. The second-order valence-electron chi connectivity index (χ2n) is 9.48. The second kappa shape index (κ2) is 7.41. The monoisotopic (exact) mass is 394 g/mol. The van der Waals surface area contributed by atoms with Crippen molar-refractivity contribution in [1.82, 2.24) is 5.32 Å². The summed E-state index contributed by atoms with van der Waals surface area (Å²) in [6, 6.07) is 5.60. The number of carbonyl (C=O) groups excluding carboxylic acids is 1. The Balaban J connectivity index is 2.47. The van der Waals surface area contributed by atoms with E-state index in [0.717, 1.165) is 0 Å². The summed E-state index contributed by atoms with van der Waals surface area (Å²) in [5, 5.41) is 13.6. The number of carbonyl (C=O) groups is 1. The van der Waals surface area contributed by atoms with E-state index in [4.69, 9.17) is 16.3 Å². The van der Waals surface area contributed by atoms with Gasteiger partial charge in [-0.15, -0.1) is 0 Å². The molecule has 0 aromatic heterocycles. The average Bonchev–Trinajstić information content (AvgIpc) is 2.83. The van der Waals surface area contributed by atoms with E-state index >= 15 is 0 Å². The number of nitriles is 1. The van der Waals surface area contributed by atoms with E-state index in [0.29, 0.717) is 6.42 Å². The zero-order chi connectivity index (χ0) is 20.6. The van der Waals surface area contributed by atoms with Crippen molar-refractivity contribution in [2.75, 3.05) is 0 Å². The van der Waals surface area contributed by atoms with Gasteiger partial charge in [-0.1, -0.05) is 38.4 Å². The fraction of sp³-hybridized carbons (Fsp3) is 0.619. The molecular formula is C21H28ClFN2O2. The van der Waals surface area contributed by atoms with Crippen LogP contribution in [0, 0.1) is 22.6 Å². The number of ether oxygens (including phenoxy) is 1. The summed E-state index contributed by atoms with van der Waals surface area (Å²) < 4.78 is 20.3. The highest BCUT2D eigenvalue weighted by molar-refractivity contribution is 6.30. The van der Waals surface area contributed by atoms with Crippen LogP contribution in [-0.4, -0.2) is 23.7 Å². The van der Waals surface area contributed by atoms with Crippen LogP contribution in [0.3, 0.4) is 0 Å². The Morgan fingerprint density at radius 1 is 1.37 bits per heavy atom. The molecule has 1 aliphatic rings. The first-order valence-corrected chi connectivity index (χ1v) is 9.51.